The maximum absolute atomic E-state index is 5.75. The van der Waals surface area contributed by atoms with E-state index in [4.69, 9.17) is 28.9 Å². The molecule has 1 radical (unpaired) electrons. The summed E-state index contributed by atoms with van der Waals surface area (Å²) in [6.45, 7) is 0.423. The van der Waals surface area contributed by atoms with E-state index < -0.39 is 0 Å². The van der Waals surface area contributed by atoms with Crippen molar-refractivity contribution in [1.82, 2.24) is 0 Å². The van der Waals surface area contributed by atoms with Crippen LogP contribution in [0, 0.1) is 6.07 Å². The molecule has 0 saturated heterocycles. The zero-order valence-corrected chi connectivity index (χ0v) is 6.71. The quantitative estimate of drug-likeness (QED) is 0.695. The first kappa shape index (κ1) is 7.86. The van der Waals surface area contributed by atoms with E-state index in [2.05, 4.69) is 6.07 Å². The molecule has 10 heavy (non-hydrogen) atoms. The third-order valence-corrected chi connectivity index (χ3v) is 1.73. The van der Waals surface area contributed by atoms with E-state index in [0.717, 1.165) is 5.56 Å². The molecule has 0 saturated carbocycles. The fourth-order valence-corrected chi connectivity index (χ4v) is 1.09. The van der Waals surface area contributed by atoms with Crippen molar-refractivity contribution in [3.05, 3.63) is 33.8 Å². The van der Waals surface area contributed by atoms with Gasteiger partial charge in [0.1, 0.15) is 0 Å². The van der Waals surface area contributed by atoms with Gasteiger partial charge in [0.25, 0.3) is 0 Å². The fourth-order valence-electron chi connectivity index (χ4n) is 0.627. The number of hydrogen-bond acceptors (Lipinski definition) is 1. The van der Waals surface area contributed by atoms with Crippen LogP contribution in [-0.2, 0) is 6.54 Å². The highest BCUT2D eigenvalue weighted by Crippen LogP contribution is 2.19. The Kier molecular flexibility index (Phi) is 2.55. The number of rotatable bonds is 1. The van der Waals surface area contributed by atoms with E-state index in [1.807, 2.05) is 0 Å². The number of halogens is 2. The Hall–Kier alpha value is -0.240. The number of benzene rings is 1. The molecular formula is C7H6Cl2N. The molecule has 0 aliphatic heterocycles. The molecule has 2 N–H and O–H groups in total. The van der Waals surface area contributed by atoms with Crippen molar-refractivity contribution in [3.8, 4) is 0 Å². The maximum atomic E-state index is 5.75. The molecule has 0 aromatic heterocycles. The number of hydrogen-bond donors (Lipinski definition) is 1. The summed E-state index contributed by atoms with van der Waals surface area (Å²) in [5.41, 5.74) is 6.22. The minimum atomic E-state index is 0.423. The summed E-state index contributed by atoms with van der Waals surface area (Å²) in [6, 6.07) is 6.12. The summed E-state index contributed by atoms with van der Waals surface area (Å²) in [4.78, 5) is 0. The average molecular weight is 175 g/mol. The van der Waals surface area contributed by atoms with E-state index in [1.165, 1.54) is 0 Å². The van der Waals surface area contributed by atoms with E-state index in [1.54, 1.807) is 12.1 Å². The van der Waals surface area contributed by atoms with E-state index >= 15 is 0 Å². The third-order valence-electron chi connectivity index (χ3n) is 1.16. The van der Waals surface area contributed by atoms with E-state index in [0.29, 0.717) is 16.6 Å². The topological polar surface area (TPSA) is 26.0 Å². The molecule has 0 aliphatic rings. The Bertz CT molecular complexity index is 235. The smallest absolute Gasteiger partial charge is 0.0499 e. The molecule has 3 heteroatoms. The van der Waals surface area contributed by atoms with Gasteiger partial charge in [0, 0.05) is 22.7 Å². The van der Waals surface area contributed by atoms with Crippen LogP contribution in [0.3, 0.4) is 0 Å². The van der Waals surface area contributed by atoms with Gasteiger partial charge >= 0.3 is 0 Å². The maximum Gasteiger partial charge on any atom is 0.0499 e. The summed E-state index contributed by atoms with van der Waals surface area (Å²) in [5, 5.41) is 1.12. The van der Waals surface area contributed by atoms with Gasteiger partial charge < -0.3 is 5.73 Å². The van der Waals surface area contributed by atoms with Crippen molar-refractivity contribution >= 4 is 23.2 Å². The Labute approximate surface area is 69.7 Å². The van der Waals surface area contributed by atoms with Gasteiger partial charge in [-0.25, -0.2) is 0 Å². The van der Waals surface area contributed by atoms with Crippen molar-refractivity contribution in [2.24, 2.45) is 5.73 Å². The molecule has 0 aliphatic carbocycles. The van der Waals surface area contributed by atoms with Crippen LogP contribution in [0.1, 0.15) is 5.56 Å². The van der Waals surface area contributed by atoms with Gasteiger partial charge in [-0.1, -0.05) is 23.2 Å². The van der Waals surface area contributed by atoms with Gasteiger partial charge in [0.2, 0.25) is 0 Å². The van der Waals surface area contributed by atoms with Gasteiger partial charge in [0.05, 0.1) is 0 Å². The van der Waals surface area contributed by atoms with Gasteiger partial charge in [-0.15, -0.1) is 0 Å². The minimum Gasteiger partial charge on any atom is -0.326 e. The largest absolute Gasteiger partial charge is 0.326 e. The summed E-state index contributed by atoms with van der Waals surface area (Å²) in [7, 11) is 0. The summed E-state index contributed by atoms with van der Waals surface area (Å²) in [5.74, 6) is 0. The van der Waals surface area contributed by atoms with Crippen molar-refractivity contribution in [3.63, 3.8) is 0 Å². The van der Waals surface area contributed by atoms with Crippen LogP contribution in [0.5, 0.6) is 0 Å². The van der Waals surface area contributed by atoms with Crippen LogP contribution in [0.2, 0.25) is 10.0 Å². The van der Waals surface area contributed by atoms with Crippen LogP contribution >= 0.6 is 23.2 Å². The zero-order chi connectivity index (χ0) is 7.56. The fraction of sp³-hybridized carbons (Fsp3) is 0.143. The monoisotopic (exact) mass is 174 g/mol. The summed E-state index contributed by atoms with van der Waals surface area (Å²) in [6.07, 6.45) is 0. The second kappa shape index (κ2) is 3.24. The Morgan fingerprint density at radius 1 is 1.50 bits per heavy atom. The van der Waals surface area contributed by atoms with Gasteiger partial charge in [-0.2, -0.15) is 0 Å². The van der Waals surface area contributed by atoms with Crippen LogP contribution in [0.25, 0.3) is 0 Å². The molecule has 0 spiro atoms. The van der Waals surface area contributed by atoms with E-state index in [9.17, 15) is 0 Å². The molecule has 0 bridgehead atoms. The molecule has 0 amide bonds. The molecule has 0 atom stereocenters. The summed E-state index contributed by atoms with van der Waals surface area (Å²) >= 11 is 11.3. The van der Waals surface area contributed by atoms with Gasteiger partial charge in [-0.3, -0.25) is 0 Å². The molecular weight excluding hydrogens is 169 g/mol. The van der Waals surface area contributed by atoms with Crippen LogP contribution in [0.4, 0.5) is 0 Å². The van der Waals surface area contributed by atoms with Crippen molar-refractivity contribution in [2.75, 3.05) is 0 Å². The van der Waals surface area contributed by atoms with Gasteiger partial charge in [0.15, 0.2) is 0 Å². The average Bonchev–Trinajstić information content (AvgIpc) is 1.88. The predicted molar refractivity (Wildman–Crippen MR) is 43.2 cm³/mol. The first-order valence-corrected chi connectivity index (χ1v) is 3.55. The lowest BCUT2D eigenvalue weighted by molar-refractivity contribution is 1.07. The van der Waals surface area contributed by atoms with E-state index in [-0.39, 0.29) is 0 Å². The Morgan fingerprint density at radius 2 is 2.20 bits per heavy atom. The van der Waals surface area contributed by atoms with Crippen molar-refractivity contribution < 1.29 is 0 Å². The second-order valence-corrected chi connectivity index (χ2v) is 2.67. The molecule has 1 aromatic carbocycles. The minimum absolute atomic E-state index is 0.423. The highest BCUT2D eigenvalue weighted by molar-refractivity contribution is 6.34. The van der Waals surface area contributed by atoms with Crippen molar-refractivity contribution in [2.45, 2.75) is 6.54 Å². The lowest BCUT2D eigenvalue weighted by Gasteiger charge is -1.98. The Balaban J connectivity index is 3.07. The molecule has 0 heterocycles. The molecule has 1 nitrogen and oxygen atoms in total. The van der Waals surface area contributed by atoms with Gasteiger partial charge in [-0.05, 0) is 17.7 Å². The molecule has 1 aromatic rings. The number of nitrogens with two attached hydrogens (primary N) is 1. The predicted octanol–water partition coefficient (Wildman–Crippen LogP) is 2.25. The molecule has 53 valence electrons. The summed E-state index contributed by atoms with van der Waals surface area (Å²) < 4.78 is 0. The van der Waals surface area contributed by atoms with Crippen LogP contribution in [0.15, 0.2) is 12.1 Å². The normalized spacial score (nSPS) is 9.90. The highest BCUT2D eigenvalue weighted by Gasteiger charge is 1.97. The van der Waals surface area contributed by atoms with Crippen LogP contribution < -0.4 is 5.73 Å². The highest BCUT2D eigenvalue weighted by atomic mass is 35.5. The zero-order valence-electron chi connectivity index (χ0n) is 5.20. The van der Waals surface area contributed by atoms with Crippen molar-refractivity contribution in [1.29, 1.82) is 0 Å². The lowest BCUT2D eigenvalue weighted by atomic mass is 10.2. The first-order valence-electron chi connectivity index (χ1n) is 2.79. The molecule has 0 unspecified atom stereocenters. The van der Waals surface area contributed by atoms with Crippen LogP contribution in [-0.4, -0.2) is 0 Å². The molecule has 0 fully saturated rings. The standard InChI is InChI=1S/C7H6Cl2N/c8-6-2-1-5(4-10)7(9)3-6/h1,3H,4,10H2. The third kappa shape index (κ3) is 1.63. The lowest BCUT2D eigenvalue weighted by Crippen LogP contribution is -1.96. The first-order chi connectivity index (χ1) is 4.74. The second-order valence-electron chi connectivity index (χ2n) is 1.86. The SMILES string of the molecule is NCc1c[c]c(Cl)cc1Cl. The Morgan fingerprint density at radius 3 is 2.70 bits per heavy atom. The molecule has 1 rings (SSSR count).